The van der Waals surface area contributed by atoms with E-state index in [2.05, 4.69) is 25.6 Å². The third-order valence-corrected chi connectivity index (χ3v) is 6.85. The second-order valence-corrected chi connectivity index (χ2v) is 11.4. The van der Waals surface area contributed by atoms with Gasteiger partial charge in [0.25, 0.3) is 5.69 Å². The first-order valence-corrected chi connectivity index (χ1v) is 13.4. The number of H-pyrrole nitrogens is 1. The van der Waals surface area contributed by atoms with E-state index in [1.54, 1.807) is 45.0 Å². The van der Waals surface area contributed by atoms with Crippen LogP contribution < -0.4 is 15.4 Å². The summed E-state index contributed by atoms with van der Waals surface area (Å²) in [5, 5.41) is 28.4. The van der Waals surface area contributed by atoms with E-state index in [9.17, 15) is 24.3 Å². The van der Waals surface area contributed by atoms with Crippen LogP contribution in [0.5, 0.6) is 0 Å². The fourth-order valence-electron chi connectivity index (χ4n) is 4.93. The van der Waals surface area contributed by atoms with E-state index in [0.717, 1.165) is 4.73 Å². The largest absolute Gasteiger partial charge is 0.444 e. The molecule has 1 unspecified atom stereocenters. The molecule has 3 aromatic heterocycles. The highest BCUT2D eigenvalue weighted by molar-refractivity contribution is 6.31. The maximum absolute atomic E-state index is 14.7. The maximum atomic E-state index is 14.7. The molecule has 0 radical (unpaired) electrons. The van der Waals surface area contributed by atoms with E-state index in [0.29, 0.717) is 33.8 Å². The summed E-state index contributed by atoms with van der Waals surface area (Å²) in [6.45, 7) is 6.56. The van der Waals surface area contributed by atoms with Crippen LogP contribution in [0, 0.1) is 5.95 Å². The number of hydrogen-bond acceptors (Lipinski definition) is 7. The third kappa shape index (κ3) is 5.76. The molecule has 2 amide bonds. The van der Waals surface area contributed by atoms with E-state index < -0.39 is 23.2 Å². The van der Waals surface area contributed by atoms with E-state index in [-0.39, 0.29) is 40.9 Å². The van der Waals surface area contributed by atoms with Gasteiger partial charge in [0.2, 0.25) is 23.7 Å². The number of anilines is 2. The summed E-state index contributed by atoms with van der Waals surface area (Å²) in [5.41, 5.74) is 0.216. The number of aromatic nitrogens is 4. The molecule has 1 aliphatic carbocycles. The van der Waals surface area contributed by atoms with Gasteiger partial charge in [-0.05, 0) is 70.0 Å². The molecule has 4 aromatic rings. The monoisotopic (exact) mass is 595 g/mol. The van der Waals surface area contributed by atoms with E-state index in [1.807, 2.05) is 0 Å². The van der Waals surface area contributed by atoms with Gasteiger partial charge in [-0.2, -0.15) is 4.39 Å². The molecular weight excluding hydrogens is 567 g/mol. The lowest BCUT2D eigenvalue weighted by molar-refractivity contribution is -0.912. The van der Waals surface area contributed by atoms with Crippen LogP contribution in [0.4, 0.5) is 20.7 Å². The van der Waals surface area contributed by atoms with Gasteiger partial charge >= 0.3 is 6.09 Å². The molecule has 5 N–H and O–H groups in total. The van der Waals surface area contributed by atoms with Crippen LogP contribution >= 0.6 is 11.6 Å². The van der Waals surface area contributed by atoms with Crippen LogP contribution in [0.1, 0.15) is 51.2 Å². The van der Waals surface area contributed by atoms with Crippen molar-refractivity contribution in [3.63, 3.8) is 0 Å². The highest BCUT2D eigenvalue weighted by Crippen LogP contribution is 2.41. The SMILES string of the molecule is CC(=O)Nc1ccc(-c2cnc(C3(O)CCc4cc(-c5cc(Cl)ccc5NC(=O)OC(C)(C)C)c[n+](O)c43)[nH]2)c(F)n1. The first kappa shape index (κ1) is 29.0. The topological polar surface area (TPSA) is 153 Å². The fraction of sp³-hybridized carbons (Fsp3) is 0.276. The molecule has 11 nitrogen and oxygen atoms in total. The molecule has 0 fully saturated rings. The lowest BCUT2D eigenvalue weighted by Crippen LogP contribution is -2.44. The minimum atomic E-state index is -1.72. The Morgan fingerprint density at radius 1 is 1.17 bits per heavy atom. The van der Waals surface area contributed by atoms with Crippen LogP contribution in [0.15, 0.2) is 48.8 Å². The highest BCUT2D eigenvalue weighted by Gasteiger charge is 2.50. The van der Waals surface area contributed by atoms with Gasteiger partial charge in [0.15, 0.2) is 0 Å². The molecule has 0 aliphatic heterocycles. The Hall–Kier alpha value is -4.55. The number of carbonyl (C=O) groups excluding carboxylic acids is 2. The van der Waals surface area contributed by atoms with Crippen LogP contribution in [-0.4, -0.2) is 42.9 Å². The molecule has 3 heterocycles. The van der Waals surface area contributed by atoms with Gasteiger partial charge in [0.05, 0.1) is 28.7 Å². The van der Waals surface area contributed by atoms with Crippen LogP contribution in [0.25, 0.3) is 22.4 Å². The molecule has 5 rings (SSSR count). The predicted molar refractivity (Wildman–Crippen MR) is 152 cm³/mol. The summed E-state index contributed by atoms with van der Waals surface area (Å²) < 4.78 is 20.9. The summed E-state index contributed by atoms with van der Waals surface area (Å²) in [4.78, 5) is 34.7. The van der Waals surface area contributed by atoms with Crippen molar-refractivity contribution in [3.8, 4) is 22.4 Å². The van der Waals surface area contributed by atoms with Gasteiger partial charge in [0.1, 0.15) is 17.2 Å². The van der Waals surface area contributed by atoms with Crippen molar-refractivity contribution in [2.75, 3.05) is 10.6 Å². The number of aliphatic hydroxyl groups is 1. The number of imidazole rings is 1. The van der Waals surface area contributed by atoms with Gasteiger partial charge in [0, 0.05) is 27.8 Å². The smallest absolute Gasteiger partial charge is 0.412 e. The molecule has 0 spiro atoms. The zero-order valence-corrected chi connectivity index (χ0v) is 24.0. The molecule has 0 saturated heterocycles. The number of fused-ring (bicyclic) bond motifs is 1. The van der Waals surface area contributed by atoms with Gasteiger partial charge in [-0.25, -0.2) is 14.8 Å². The van der Waals surface area contributed by atoms with Crippen molar-refractivity contribution in [1.29, 1.82) is 0 Å². The van der Waals surface area contributed by atoms with Gasteiger partial charge in [-0.3, -0.25) is 15.3 Å². The Morgan fingerprint density at radius 2 is 1.93 bits per heavy atom. The Kier molecular flexibility index (Phi) is 7.37. The van der Waals surface area contributed by atoms with Gasteiger partial charge < -0.3 is 20.1 Å². The van der Waals surface area contributed by atoms with E-state index in [4.69, 9.17) is 16.3 Å². The third-order valence-electron chi connectivity index (χ3n) is 6.61. The lowest BCUT2D eigenvalue weighted by atomic mass is 9.98. The first-order valence-electron chi connectivity index (χ1n) is 13.0. The number of carbonyl (C=O) groups is 2. The van der Waals surface area contributed by atoms with Gasteiger partial charge in [-0.15, -0.1) is 0 Å². The average molecular weight is 596 g/mol. The van der Waals surface area contributed by atoms with Crippen molar-refractivity contribution in [3.05, 3.63) is 76.8 Å². The van der Waals surface area contributed by atoms with Gasteiger partial charge in [-0.1, -0.05) is 11.6 Å². The summed E-state index contributed by atoms with van der Waals surface area (Å²) in [5.74, 6) is -1.05. The van der Waals surface area contributed by atoms with Crippen molar-refractivity contribution in [1.82, 2.24) is 15.0 Å². The number of nitrogens with zero attached hydrogens (tertiary/aromatic N) is 3. The number of aryl methyl sites for hydroxylation is 1. The maximum Gasteiger partial charge on any atom is 0.412 e. The second-order valence-electron chi connectivity index (χ2n) is 11.0. The molecule has 1 atom stereocenters. The Morgan fingerprint density at radius 3 is 2.62 bits per heavy atom. The van der Waals surface area contributed by atoms with E-state index in [1.165, 1.54) is 31.5 Å². The number of ether oxygens (including phenoxy) is 1. The van der Waals surface area contributed by atoms with Crippen molar-refractivity contribution < 1.29 is 33.8 Å². The molecule has 1 aliphatic rings. The Bertz CT molecular complexity index is 1720. The Labute approximate surface area is 245 Å². The number of amides is 2. The first-order chi connectivity index (χ1) is 19.7. The van der Waals surface area contributed by atoms with Crippen LogP contribution in [-0.2, 0) is 21.6 Å². The molecular formula is C29H29ClFN6O5+. The summed E-state index contributed by atoms with van der Waals surface area (Å²) in [7, 11) is 0. The normalized spacial score (nSPS) is 16.2. The molecule has 0 saturated carbocycles. The fourth-order valence-corrected chi connectivity index (χ4v) is 5.10. The van der Waals surface area contributed by atoms with Crippen molar-refractivity contribution in [2.45, 2.75) is 51.7 Å². The number of halogens is 2. The van der Waals surface area contributed by atoms with Crippen molar-refractivity contribution >= 4 is 35.1 Å². The minimum absolute atomic E-state index is 0.0631. The molecule has 218 valence electrons. The lowest BCUT2D eigenvalue weighted by Gasteiger charge is -2.20. The number of hydrogen-bond donors (Lipinski definition) is 5. The number of pyridine rings is 2. The average Bonchev–Trinajstić information content (AvgIpc) is 3.50. The minimum Gasteiger partial charge on any atom is -0.444 e. The zero-order chi connectivity index (χ0) is 30.4. The number of benzene rings is 1. The van der Waals surface area contributed by atoms with Crippen molar-refractivity contribution in [2.24, 2.45) is 0 Å². The number of aromatic amines is 1. The van der Waals surface area contributed by atoms with E-state index >= 15 is 0 Å². The quantitative estimate of drug-likeness (QED) is 0.124. The number of nitrogens with one attached hydrogen (secondary N) is 3. The molecule has 13 heteroatoms. The highest BCUT2D eigenvalue weighted by atomic mass is 35.5. The Balaban J connectivity index is 1.47. The van der Waals surface area contributed by atoms with Crippen LogP contribution in [0.2, 0.25) is 5.02 Å². The predicted octanol–water partition coefficient (Wildman–Crippen LogP) is 4.94. The summed E-state index contributed by atoms with van der Waals surface area (Å²) in [6, 6.07) is 9.58. The standard InChI is InChI=1S/C29H28ClFN6O5/c1-15(38)33-23-8-6-19(25(31)36-23)22-13-32-26(34-22)29(40)10-9-16-11-17(14-37(41)24(16)29)20-12-18(30)5-7-21(20)35-27(39)42-28(2,3)4/h5-8,11-14,40H,9-10H2,1-4H3,(H3-,32,33,34,35,36,38,39,41)/p+1. The molecule has 42 heavy (non-hydrogen) atoms. The summed E-state index contributed by atoms with van der Waals surface area (Å²) >= 11 is 6.27. The molecule has 0 bridgehead atoms. The summed E-state index contributed by atoms with van der Waals surface area (Å²) in [6.07, 6.45) is 2.67. The second kappa shape index (κ2) is 10.7. The number of rotatable bonds is 5. The zero-order valence-electron chi connectivity index (χ0n) is 23.2. The van der Waals surface area contributed by atoms with Crippen LogP contribution in [0.3, 0.4) is 0 Å². The molecule has 1 aromatic carbocycles.